The lowest BCUT2D eigenvalue weighted by Gasteiger charge is -2.07. The molecule has 142 valence electrons. The molecule has 2 aromatic rings. The zero-order valence-corrected chi connectivity index (χ0v) is 16.3. The van der Waals surface area contributed by atoms with Gasteiger partial charge in [-0.3, -0.25) is 4.72 Å². The van der Waals surface area contributed by atoms with Crippen LogP contribution in [0.4, 0.5) is 5.69 Å². The van der Waals surface area contributed by atoms with Gasteiger partial charge in [0.05, 0.1) is 16.0 Å². The molecule has 0 aliphatic carbocycles. The van der Waals surface area contributed by atoms with E-state index < -0.39 is 26.7 Å². The van der Waals surface area contributed by atoms with Crippen molar-refractivity contribution in [3.8, 4) is 11.8 Å². The van der Waals surface area contributed by atoms with Crippen molar-refractivity contribution in [3.63, 3.8) is 0 Å². The average molecular weight is 405 g/mol. The van der Waals surface area contributed by atoms with Gasteiger partial charge in [0, 0.05) is 5.56 Å². The maximum absolute atomic E-state index is 12.2. The molecule has 1 unspecified atom stereocenters. The van der Waals surface area contributed by atoms with E-state index in [-0.39, 0.29) is 10.6 Å². The molecule has 0 heterocycles. The van der Waals surface area contributed by atoms with Crippen LogP contribution >= 0.6 is 0 Å². The largest absolute Gasteiger partial charge is 0.378 e. The van der Waals surface area contributed by atoms with Crippen LogP contribution in [-0.4, -0.2) is 27.9 Å². The number of anilines is 1. The number of aliphatic hydroxyl groups is 1. The van der Waals surface area contributed by atoms with Gasteiger partial charge in [-0.2, -0.15) is 0 Å². The highest BCUT2D eigenvalue weighted by Crippen LogP contribution is 2.20. The highest BCUT2D eigenvalue weighted by Gasteiger charge is 2.12. The fraction of sp³-hybridized carbons (Fsp3) is 0.158. The molecule has 6 nitrogen and oxygen atoms in total. The third-order valence-corrected chi connectivity index (χ3v) is 4.92. The summed E-state index contributed by atoms with van der Waals surface area (Å²) in [7, 11) is -3.87. The lowest BCUT2D eigenvalue weighted by molar-refractivity contribution is 0.143. The summed E-state index contributed by atoms with van der Waals surface area (Å²) in [5.41, 5.74) is 0.273. The van der Waals surface area contributed by atoms with Crippen LogP contribution in [0, 0.1) is 11.8 Å². The SMILES string of the molecule is CC(C)(O)C#Cc1ccc(/C=C/S(=O)(=O)Nc2ccccc2S(=O)O)cc1. The second-order valence-corrected chi connectivity index (χ2v) is 8.63. The zero-order valence-electron chi connectivity index (χ0n) is 14.7. The number of rotatable bonds is 5. The highest BCUT2D eigenvalue weighted by atomic mass is 32.2. The third-order valence-electron chi connectivity index (χ3n) is 3.19. The molecule has 0 saturated heterocycles. The van der Waals surface area contributed by atoms with Gasteiger partial charge < -0.3 is 9.66 Å². The minimum atomic E-state index is -3.87. The van der Waals surface area contributed by atoms with E-state index in [0.717, 1.165) is 5.41 Å². The molecule has 0 spiro atoms. The van der Waals surface area contributed by atoms with Gasteiger partial charge in [-0.05, 0) is 49.8 Å². The smallest absolute Gasteiger partial charge is 0.255 e. The molecular weight excluding hydrogens is 386 g/mol. The van der Waals surface area contributed by atoms with Crippen molar-refractivity contribution in [2.75, 3.05) is 4.72 Å². The van der Waals surface area contributed by atoms with Gasteiger partial charge in [0.15, 0.2) is 11.1 Å². The lowest BCUT2D eigenvalue weighted by Crippen LogP contribution is -2.14. The molecule has 0 saturated carbocycles. The summed E-state index contributed by atoms with van der Waals surface area (Å²) in [6.07, 6.45) is 1.40. The number of para-hydroxylation sites is 1. The number of nitrogens with one attached hydrogen (secondary N) is 1. The predicted molar refractivity (Wildman–Crippen MR) is 107 cm³/mol. The molecule has 0 fully saturated rings. The van der Waals surface area contributed by atoms with E-state index in [4.69, 9.17) is 0 Å². The van der Waals surface area contributed by atoms with Crippen molar-refractivity contribution in [1.82, 2.24) is 0 Å². The van der Waals surface area contributed by atoms with Gasteiger partial charge >= 0.3 is 0 Å². The van der Waals surface area contributed by atoms with Crippen molar-refractivity contribution < 1.29 is 22.3 Å². The lowest BCUT2D eigenvalue weighted by atomic mass is 10.1. The van der Waals surface area contributed by atoms with E-state index in [1.165, 1.54) is 18.2 Å². The van der Waals surface area contributed by atoms with Gasteiger partial charge in [-0.25, -0.2) is 12.6 Å². The van der Waals surface area contributed by atoms with Crippen LogP contribution in [0.5, 0.6) is 0 Å². The Morgan fingerprint density at radius 3 is 2.33 bits per heavy atom. The average Bonchev–Trinajstić information content (AvgIpc) is 2.58. The van der Waals surface area contributed by atoms with Crippen molar-refractivity contribution in [3.05, 3.63) is 65.1 Å². The van der Waals surface area contributed by atoms with Crippen LogP contribution in [-0.2, 0) is 21.1 Å². The van der Waals surface area contributed by atoms with Crippen molar-refractivity contribution in [1.29, 1.82) is 0 Å². The summed E-state index contributed by atoms with van der Waals surface area (Å²) in [4.78, 5) is -0.0239. The van der Waals surface area contributed by atoms with E-state index in [1.807, 2.05) is 0 Å². The Bertz CT molecular complexity index is 1020. The van der Waals surface area contributed by atoms with Crippen LogP contribution in [0.2, 0.25) is 0 Å². The molecule has 27 heavy (non-hydrogen) atoms. The minimum Gasteiger partial charge on any atom is -0.378 e. The molecule has 0 aromatic heterocycles. The standard InChI is InChI=1S/C19H19NO5S2/c1-19(2,21)13-11-15-7-9-16(10-8-15)12-14-27(24,25)20-17-5-3-4-6-18(17)26(22)23/h3-10,12,14,20-21H,1-2H3,(H,22,23)/b14-12+. The van der Waals surface area contributed by atoms with Crippen LogP contribution in [0.3, 0.4) is 0 Å². The quantitative estimate of drug-likeness (QED) is 0.524. The maximum atomic E-state index is 12.2. The summed E-state index contributed by atoms with van der Waals surface area (Å²) in [5, 5.41) is 10.6. The summed E-state index contributed by atoms with van der Waals surface area (Å²) in [6.45, 7) is 3.17. The normalized spacial score (nSPS) is 13.0. The topological polar surface area (TPSA) is 104 Å². The number of sulfonamides is 1. The van der Waals surface area contributed by atoms with Gasteiger partial charge in [0.25, 0.3) is 10.0 Å². The van der Waals surface area contributed by atoms with Crippen molar-refractivity contribution in [2.24, 2.45) is 0 Å². The Labute approximate surface area is 161 Å². The Morgan fingerprint density at radius 1 is 1.11 bits per heavy atom. The summed E-state index contributed by atoms with van der Waals surface area (Å²) in [5.74, 6) is 5.52. The second-order valence-electron chi connectivity index (χ2n) is 6.13. The Kier molecular flexibility index (Phi) is 6.57. The first-order chi connectivity index (χ1) is 12.6. The number of hydrogen-bond donors (Lipinski definition) is 3. The van der Waals surface area contributed by atoms with E-state index in [0.29, 0.717) is 11.1 Å². The van der Waals surface area contributed by atoms with Crippen LogP contribution in [0.25, 0.3) is 6.08 Å². The van der Waals surface area contributed by atoms with E-state index in [2.05, 4.69) is 16.6 Å². The van der Waals surface area contributed by atoms with Gasteiger partial charge in [0.1, 0.15) is 5.60 Å². The monoisotopic (exact) mass is 405 g/mol. The molecule has 2 aromatic carbocycles. The van der Waals surface area contributed by atoms with Crippen LogP contribution < -0.4 is 4.72 Å². The van der Waals surface area contributed by atoms with Crippen LogP contribution in [0.1, 0.15) is 25.0 Å². The highest BCUT2D eigenvalue weighted by molar-refractivity contribution is 7.95. The van der Waals surface area contributed by atoms with Gasteiger partial charge in [-0.15, -0.1) is 0 Å². The molecule has 0 aliphatic heterocycles. The third kappa shape index (κ3) is 7.00. The maximum Gasteiger partial charge on any atom is 0.255 e. The fourth-order valence-corrected chi connectivity index (χ4v) is 3.42. The first-order valence-electron chi connectivity index (χ1n) is 7.82. The molecule has 1 atom stereocenters. The predicted octanol–water partition coefficient (Wildman–Crippen LogP) is 2.80. The van der Waals surface area contributed by atoms with Gasteiger partial charge in [0.2, 0.25) is 0 Å². The van der Waals surface area contributed by atoms with Crippen molar-refractivity contribution in [2.45, 2.75) is 24.3 Å². The van der Waals surface area contributed by atoms with Crippen LogP contribution in [0.15, 0.2) is 58.8 Å². The van der Waals surface area contributed by atoms with E-state index in [9.17, 15) is 22.3 Å². The Morgan fingerprint density at radius 2 is 1.74 bits per heavy atom. The van der Waals surface area contributed by atoms with Gasteiger partial charge in [-0.1, -0.05) is 36.1 Å². The molecule has 8 heteroatoms. The zero-order chi connectivity index (χ0) is 20.1. The second kappa shape index (κ2) is 8.50. The number of hydrogen-bond acceptors (Lipinski definition) is 4. The fourth-order valence-electron chi connectivity index (χ4n) is 1.96. The molecule has 0 aliphatic rings. The molecule has 2 rings (SSSR count). The Balaban J connectivity index is 2.15. The first-order valence-corrected chi connectivity index (χ1v) is 10.5. The Hall–Kier alpha value is -2.44. The summed E-state index contributed by atoms with van der Waals surface area (Å²) >= 11 is -2.31. The minimum absolute atomic E-state index is 0.0239. The number of benzene rings is 2. The molecule has 0 radical (unpaired) electrons. The molecule has 3 N–H and O–H groups in total. The molecule has 0 amide bonds. The van der Waals surface area contributed by atoms with Crippen molar-refractivity contribution >= 4 is 32.9 Å². The van der Waals surface area contributed by atoms with E-state index >= 15 is 0 Å². The molecule has 0 bridgehead atoms. The molecular formula is C19H19NO5S2. The summed E-state index contributed by atoms with van der Waals surface area (Å²) < 4.78 is 47.2. The summed E-state index contributed by atoms with van der Waals surface area (Å²) in [6, 6.07) is 12.7. The first kappa shape index (κ1) is 20.9. The van der Waals surface area contributed by atoms with E-state index in [1.54, 1.807) is 50.2 Å².